The van der Waals surface area contributed by atoms with Crippen molar-refractivity contribution in [3.05, 3.63) is 11.1 Å². The van der Waals surface area contributed by atoms with Gasteiger partial charge < -0.3 is 9.47 Å². The maximum absolute atomic E-state index is 12.2. The predicted octanol–water partition coefficient (Wildman–Crippen LogP) is 3.01. The number of rotatable bonds is 6. The summed E-state index contributed by atoms with van der Waals surface area (Å²) in [5.41, 5.74) is 1.05. The molecule has 0 aromatic rings. The molecule has 108 valence electrons. The molecule has 4 nitrogen and oxygen atoms in total. The van der Waals surface area contributed by atoms with Crippen molar-refractivity contribution in [2.24, 2.45) is 5.92 Å². The van der Waals surface area contributed by atoms with Crippen LogP contribution < -0.4 is 0 Å². The Morgan fingerprint density at radius 2 is 1.47 bits per heavy atom. The van der Waals surface area contributed by atoms with Crippen molar-refractivity contribution in [2.75, 3.05) is 13.2 Å². The molecule has 0 radical (unpaired) electrons. The molecule has 0 N–H and O–H groups in total. The number of carbonyl (C=O) groups excluding carboxylic acids is 2. The van der Waals surface area contributed by atoms with Gasteiger partial charge in [-0.15, -0.1) is 0 Å². The largest absolute Gasteiger partial charge is 0.463 e. The Labute approximate surface area is 115 Å². The summed E-state index contributed by atoms with van der Waals surface area (Å²) in [4.78, 5) is 24.1. The molecule has 4 heteroatoms. The van der Waals surface area contributed by atoms with Crippen molar-refractivity contribution >= 4 is 11.9 Å². The van der Waals surface area contributed by atoms with Crippen LogP contribution in [0.5, 0.6) is 0 Å². The van der Waals surface area contributed by atoms with Gasteiger partial charge in [0.05, 0.1) is 18.8 Å². The average molecular weight is 268 g/mol. The summed E-state index contributed by atoms with van der Waals surface area (Å²) in [6, 6.07) is 0. The van der Waals surface area contributed by atoms with E-state index in [-0.39, 0.29) is 17.9 Å². The Morgan fingerprint density at radius 1 is 0.947 bits per heavy atom. The first-order valence-electron chi connectivity index (χ1n) is 7.22. The van der Waals surface area contributed by atoms with Crippen LogP contribution in [-0.4, -0.2) is 25.2 Å². The first kappa shape index (κ1) is 15.7. The van der Waals surface area contributed by atoms with Gasteiger partial charge in [-0.3, -0.25) is 0 Å². The van der Waals surface area contributed by atoms with Crippen LogP contribution in [0.15, 0.2) is 11.1 Å². The minimum atomic E-state index is -0.375. The van der Waals surface area contributed by atoms with Gasteiger partial charge >= 0.3 is 11.9 Å². The van der Waals surface area contributed by atoms with Gasteiger partial charge in [-0.2, -0.15) is 0 Å². The molecule has 1 fully saturated rings. The van der Waals surface area contributed by atoms with Crippen molar-refractivity contribution in [3.8, 4) is 0 Å². The molecule has 0 aromatic carbocycles. The van der Waals surface area contributed by atoms with Gasteiger partial charge in [-0.25, -0.2) is 9.59 Å². The van der Waals surface area contributed by atoms with E-state index in [4.69, 9.17) is 9.47 Å². The van der Waals surface area contributed by atoms with Gasteiger partial charge in [-0.1, -0.05) is 19.8 Å². The van der Waals surface area contributed by atoms with Crippen molar-refractivity contribution in [2.45, 2.75) is 52.9 Å². The third-order valence-electron chi connectivity index (χ3n) is 3.46. The molecule has 0 atom stereocenters. The van der Waals surface area contributed by atoms with Crippen LogP contribution in [-0.2, 0) is 19.1 Å². The topological polar surface area (TPSA) is 52.6 Å². The van der Waals surface area contributed by atoms with Crippen molar-refractivity contribution in [3.63, 3.8) is 0 Å². The lowest BCUT2D eigenvalue weighted by Gasteiger charge is -2.17. The highest BCUT2D eigenvalue weighted by atomic mass is 16.5. The quantitative estimate of drug-likeness (QED) is 0.549. The maximum atomic E-state index is 12.2. The van der Waals surface area contributed by atoms with E-state index in [2.05, 4.69) is 0 Å². The second kappa shape index (κ2) is 7.97. The van der Waals surface area contributed by atoms with E-state index in [0.29, 0.717) is 30.8 Å². The van der Waals surface area contributed by atoms with E-state index >= 15 is 0 Å². The minimum Gasteiger partial charge on any atom is -0.463 e. The molecule has 0 heterocycles. The van der Waals surface area contributed by atoms with E-state index in [9.17, 15) is 9.59 Å². The summed E-state index contributed by atoms with van der Waals surface area (Å²) in [6.45, 7) is 6.07. The zero-order chi connectivity index (χ0) is 14.3. The Morgan fingerprint density at radius 3 is 1.95 bits per heavy atom. The lowest BCUT2D eigenvalue weighted by Crippen LogP contribution is -2.21. The highest BCUT2D eigenvalue weighted by molar-refractivity contribution is 6.00. The van der Waals surface area contributed by atoms with Gasteiger partial charge in [0.15, 0.2) is 0 Å². The number of hydrogen-bond donors (Lipinski definition) is 0. The highest BCUT2D eigenvalue weighted by Crippen LogP contribution is 2.34. The molecule has 1 saturated carbocycles. The number of esters is 2. The van der Waals surface area contributed by atoms with E-state index in [1.165, 1.54) is 0 Å². The van der Waals surface area contributed by atoms with Crippen LogP contribution in [0.25, 0.3) is 0 Å². The Balaban J connectivity index is 3.08. The molecular formula is C15H24O4. The third-order valence-corrected chi connectivity index (χ3v) is 3.46. The maximum Gasteiger partial charge on any atom is 0.334 e. The summed E-state index contributed by atoms with van der Waals surface area (Å²) in [7, 11) is 0. The van der Waals surface area contributed by atoms with Gasteiger partial charge in [0.2, 0.25) is 0 Å². The molecular weight excluding hydrogens is 244 g/mol. The highest BCUT2D eigenvalue weighted by Gasteiger charge is 2.30. The van der Waals surface area contributed by atoms with Crippen molar-refractivity contribution in [1.29, 1.82) is 0 Å². The summed E-state index contributed by atoms with van der Waals surface area (Å²) in [6.07, 6.45) is 4.62. The summed E-state index contributed by atoms with van der Waals surface area (Å²) in [5.74, 6) is -0.572. The first-order chi connectivity index (χ1) is 9.15. The van der Waals surface area contributed by atoms with Crippen LogP contribution in [0.2, 0.25) is 0 Å². The van der Waals surface area contributed by atoms with Gasteiger partial charge in [0.25, 0.3) is 0 Å². The molecule has 0 aromatic heterocycles. The molecule has 1 aliphatic rings. The van der Waals surface area contributed by atoms with Gasteiger partial charge in [0, 0.05) is 5.57 Å². The summed E-state index contributed by atoms with van der Waals surface area (Å²) in [5, 5.41) is 0. The second-order valence-corrected chi connectivity index (χ2v) is 4.67. The number of hydrogen-bond acceptors (Lipinski definition) is 4. The zero-order valence-corrected chi connectivity index (χ0v) is 12.2. The molecule has 1 aliphatic carbocycles. The average Bonchev–Trinajstić information content (AvgIpc) is 2.89. The molecule has 0 unspecified atom stereocenters. The van der Waals surface area contributed by atoms with Crippen LogP contribution in [0.3, 0.4) is 0 Å². The lowest BCUT2D eigenvalue weighted by atomic mass is 9.91. The van der Waals surface area contributed by atoms with E-state index < -0.39 is 0 Å². The molecule has 1 rings (SSSR count). The van der Waals surface area contributed by atoms with E-state index in [0.717, 1.165) is 25.7 Å². The standard InChI is InChI=1S/C15H24O4/c1-4-12(14(16)18-5-2)13(15(17)19-6-3)11-9-7-8-10-11/h11H,4-10H2,1-3H3. The Hall–Kier alpha value is -1.32. The smallest absolute Gasteiger partial charge is 0.334 e. The Bertz CT molecular complexity index is 351. The fourth-order valence-corrected chi connectivity index (χ4v) is 2.62. The van der Waals surface area contributed by atoms with Crippen molar-refractivity contribution < 1.29 is 19.1 Å². The SMILES string of the molecule is CCOC(=O)C(CC)=C(C(=O)OCC)C1CCCC1. The number of carbonyl (C=O) groups is 2. The molecule has 19 heavy (non-hydrogen) atoms. The molecule has 0 saturated heterocycles. The van der Waals surface area contributed by atoms with E-state index in [1.807, 2.05) is 6.92 Å². The molecule has 0 amide bonds. The molecule has 0 spiro atoms. The van der Waals surface area contributed by atoms with Crippen LogP contribution in [0.4, 0.5) is 0 Å². The summed E-state index contributed by atoms with van der Waals surface area (Å²) >= 11 is 0. The number of ether oxygens (including phenoxy) is 2. The third kappa shape index (κ3) is 4.08. The molecule has 0 aliphatic heterocycles. The zero-order valence-electron chi connectivity index (χ0n) is 12.2. The first-order valence-corrected chi connectivity index (χ1v) is 7.22. The fraction of sp³-hybridized carbons (Fsp3) is 0.733. The predicted molar refractivity (Wildman–Crippen MR) is 72.5 cm³/mol. The molecule has 0 bridgehead atoms. The van der Waals surface area contributed by atoms with Crippen LogP contribution in [0, 0.1) is 5.92 Å². The van der Waals surface area contributed by atoms with Crippen LogP contribution in [0.1, 0.15) is 52.9 Å². The normalized spacial score (nSPS) is 17.0. The van der Waals surface area contributed by atoms with Crippen LogP contribution >= 0.6 is 0 Å². The van der Waals surface area contributed by atoms with Gasteiger partial charge in [0.1, 0.15) is 0 Å². The Kier molecular flexibility index (Phi) is 6.60. The van der Waals surface area contributed by atoms with E-state index in [1.54, 1.807) is 13.8 Å². The fourth-order valence-electron chi connectivity index (χ4n) is 2.62. The summed E-state index contributed by atoms with van der Waals surface area (Å²) < 4.78 is 10.2. The minimum absolute atomic E-state index is 0.151. The lowest BCUT2D eigenvalue weighted by molar-refractivity contribution is -0.142. The second-order valence-electron chi connectivity index (χ2n) is 4.67. The van der Waals surface area contributed by atoms with Gasteiger partial charge in [-0.05, 0) is 39.0 Å². The van der Waals surface area contributed by atoms with Crippen molar-refractivity contribution in [1.82, 2.24) is 0 Å². The monoisotopic (exact) mass is 268 g/mol.